The zero-order valence-corrected chi connectivity index (χ0v) is 12.1. The fraction of sp³-hybridized carbons (Fsp3) is 0.250. The minimum atomic E-state index is -0.545. The van der Waals surface area contributed by atoms with Gasteiger partial charge < -0.3 is 5.32 Å². The predicted octanol–water partition coefficient (Wildman–Crippen LogP) is 5.03. The molecule has 4 heteroatoms. The Bertz CT molecular complexity index is 581. The molecule has 0 saturated heterocycles. The highest BCUT2D eigenvalue weighted by Crippen LogP contribution is 2.27. The van der Waals surface area contributed by atoms with Crippen molar-refractivity contribution >= 4 is 11.6 Å². The largest absolute Gasteiger partial charge is 0.303 e. The smallest absolute Gasteiger partial charge is 0.130 e. The summed E-state index contributed by atoms with van der Waals surface area (Å²) in [5.74, 6) is -1.09. The predicted molar refractivity (Wildman–Crippen MR) is 77.8 cm³/mol. The molecule has 2 rings (SSSR count). The zero-order valence-electron chi connectivity index (χ0n) is 11.3. The maximum Gasteiger partial charge on any atom is 0.130 e. The fourth-order valence-corrected chi connectivity index (χ4v) is 2.60. The average Bonchev–Trinajstić information content (AvgIpc) is 2.38. The van der Waals surface area contributed by atoms with E-state index in [4.69, 9.17) is 11.6 Å². The van der Waals surface area contributed by atoms with Crippen molar-refractivity contribution in [1.29, 1.82) is 0 Å². The molecule has 0 radical (unpaired) electrons. The Morgan fingerprint density at radius 3 is 2.10 bits per heavy atom. The van der Waals surface area contributed by atoms with E-state index in [0.29, 0.717) is 5.02 Å². The first-order valence-corrected chi connectivity index (χ1v) is 6.83. The monoisotopic (exact) mass is 295 g/mol. The minimum absolute atomic E-state index is 0.0476. The van der Waals surface area contributed by atoms with Crippen molar-refractivity contribution in [3.05, 3.63) is 70.2 Å². The molecule has 0 spiro atoms. The van der Waals surface area contributed by atoms with Gasteiger partial charge in [-0.25, -0.2) is 8.78 Å². The Morgan fingerprint density at radius 2 is 1.50 bits per heavy atom. The molecule has 2 aromatic rings. The van der Waals surface area contributed by atoms with Crippen molar-refractivity contribution < 1.29 is 8.78 Å². The summed E-state index contributed by atoms with van der Waals surface area (Å²) in [6, 6.07) is 10.7. The van der Waals surface area contributed by atoms with E-state index in [2.05, 4.69) is 5.32 Å². The molecular formula is C16H16ClF2N. The summed E-state index contributed by atoms with van der Waals surface area (Å²) in [5.41, 5.74) is 0.948. The summed E-state index contributed by atoms with van der Waals surface area (Å²) in [6.07, 6.45) is 0. The molecule has 0 amide bonds. The van der Waals surface area contributed by atoms with Crippen LogP contribution in [-0.4, -0.2) is 0 Å². The second-order valence-electron chi connectivity index (χ2n) is 4.77. The lowest BCUT2D eigenvalue weighted by Gasteiger charge is -2.22. The van der Waals surface area contributed by atoms with Crippen LogP contribution in [0.4, 0.5) is 8.78 Å². The molecule has 0 aromatic heterocycles. The first-order valence-electron chi connectivity index (χ1n) is 6.45. The van der Waals surface area contributed by atoms with E-state index in [1.807, 2.05) is 25.1 Å². The van der Waals surface area contributed by atoms with Crippen LogP contribution in [0, 0.1) is 11.6 Å². The van der Waals surface area contributed by atoms with Crippen LogP contribution in [0.15, 0.2) is 42.5 Å². The van der Waals surface area contributed by atoms with E-state index in [-0.39, 0.29) is 11.6 Å². The van der Waals surface area contributed by atoms with Gasteiger partial charge >= 0.3 is 0 Å². The number of hydrogen-bond acceptors (Lipinski definition) is 1. The molecule has 2 unspecified atom stereocenters. The van der Waals surface area contributed by atoms with Crippen LogP contribution in [-0.2, 0) is 0 Å². The van der Waals surface area contributed by atoms with Gasteiger partial charge in [0.05, 0.1) is 0 Å². The maximum atomic E-state index is 13.7. The lowest BCUT2D eigenvalue weighted by atomic mass is 10.0. The second kappa shape index (κ2) is 6.33. The quantitative estimate of drug-likeness (QED) is 0.834. The van der Waals surface area contributed by atoms with Crippen LogP contribution in [0.5, 0.6) is 0 Å². The first-order chi connectivity index (χ1) is 9.50. The number of nitrogens with one attached hydrogen (secondary N) is 1. The number of hydrogen-bond donors (Lipinski definition) is 1. The molecule has 0 saturated carbocycles. The Morgan fingerprint density at radius 1 is 0.900 bits per heavy atom. The molecule has 0 aliphatic carbocycles. The lowest BCUT2D eigenvalue weighted by molar-refractivity contribution is 0.450. The van der Waals surface area contributed by atoms with Crippen molar-refractivity contribution in [1.82, 2.24) is 5.32 Å². The summed E-state index contributed by atoms with van der Waals surface area (Å²) in [6.45, 7) is 3.64. The van der Waals surface area contributed by atoms with Gasteiger partial charge in [0.2, 0.25) is 0 Å². The molecular weight excluding hydrogens is 280 g/mol. The van der Waals surface area contributed by atoms with Crippen molar-refractivity contribution in [2.75, 3.05) is 0 Å². The molecule has 0 aliphatic rings. The molecule has 1 nitrogen and oxygen atoms in total. The van der Waals surface area contributed by atoms with Gasteiger partial charge in [-0.3, -0.25) is 0 Å². The molecule has 2 atom stereocenters. The van der Waals surface area contributed by atoms with Gasteiger partial charge in [0, 0.05) is 22.7 Å². The number of rotatable bonds is 4. The van der Waals surface area contributed by atoms with E-state index in [1.165, 1.54) is 18.2 Å². The van der Waals surface area contributed by atoms with Crippen LogP contribution < -0.4 is 5.32 Å². The molecule has 0 bridgehead atoms. The van der Waals surface area contributed by atoms with E-state index in [9.17, 15) is 8.78 Å². The molecule has 0 fully saturated rings. The van der Waals surface area contributed by atoms with Crippen LogP contribution in [0.25, 0.3) is 0 Å². The van der Waals surface area contributed by atoms with Crippen LogP contribution >= 0.6 is 11.6 Å². The summed E-state index contributed by atoms with van der Waals surface area (Å²) >= 11 is 6.12. The van der Waals surface area contributed by atoms with Crippen molar-refractivity contribution in [3.63, 3.8) is 0 Å². The first kappa shape index (κ1) is 14.9. The summed E-state index contributed by atoms with van der Waals surface area (Å²) < 4.78 is 27.5. The Hall–Kier alpha value is -1.45. The van der Waals surface area contributed by atoms with Crippen molar-refractivity contribution in [2.24, 2.45) is 0 Å². The van der Waals surface area contributed by atoms with Gasteiger partial charge in [0.25, 0.3) is 0 Å². The van der Waals surface area contributed by atoms with Crippen molar-refractivity contribution in [2.45, 2.75) is 25.9 Å². The third-order valence-electron chi connectivity index (χ3n) is 3.30. The Labute approximate surface area is 122 Å². The van der Waals surface area contributed by atoms with Gasteiger partial charge in [0.1, 0.15) is 11.6 Å². The molecule has 106 valence electrons. The average molecular weight is 296 g/mol. The van der Waals surface area contributed by atoms with E-state index in [1.54, 1.807) is 13.0 Å². The van der Waals surface area contributed by atoms with Crippen molar-refractivity contribution in [3.8, 4) is 0 Å². The Kier molecular flexibility index (Phi) is 4.73. The highest BCUT2D eigenvalue weighted by atomic mass is 35.5. The zero-order chi connectivity index (χ0) is 14.7. The molecule has 20 heavy (non-hydrogen) atoms. The standard InChI is InChI=1S/C16H16ClF2N/c1-10(12-6-3-4-7-13(12)17)20-11(2)16-14(18)8-5-9-15(16)19/h3-11,20H,1-2H3. The molecule has 2 aromatic carbocycles. The SMILES string of the molecule is CC(NC(C)c1c(F)cccc1F)c1ccccc1Cl. The van der Waals surface area contributed by atoms with E-state index in [0.717, 1.165) is 5.56 Å². The number of halogens is 3. The van der Waals surface area contributed by atoms with E-state index >= 15 is 0 Å². The van der Waals surface area contributed by atoms with Crippen LogP contribution in [0.1, 0.15) is 37.1 Å². The fourth-order valence-electron chi connectivity index (χ4n) is 2.30. The van der Waals surface area contributed by atoms with Gasteiger partial charge in [-0.1, -0.05) is 35.9 Å². The van der Waals surface area contributed by atoms with Gasteiger partial charge in [-0.2, -0.15) is 0 Å². The normalized spacial score (nSPS) is 14.1. The van der Waals surface area contributed by atoms with Crippen LogP contribution in [0.2, 0.25) is 5.02 Å². The van der Waals surface area contributed by atoms with Gasteiger partial charge in [-0.15, -0.1) is 0 Å². The lowest BCUT2D eigenvalue weighted by Crippen LogP contribution is -2.24. The third-order valence-corrected chi connectivity index (χ3v) is 3.65. The highest BCUT2D eigenvalue weighted by molar-refractivity contribution is 6.31. The highest BCUT2D eigenvalue weighted by Gasteiger charge is 2.19. The molecule has 0 aliphatic heterocycles. The summed E-state index contributed by atoms with van der Waals surface area (Å²) in [5, 5.41) is 3.80. The van der Waals surface area contributed by atoms with Gasteiger partial charge in [-0.05, 0) is 37.6 Å². The summed E-state index contributed by atoms with van der Waals surface area (Å²) in [4.78, 5) is 0. The Balaban J connectivity index is 2.20. The van der Waals surface area contributed by atoms with Crippen LogP contribution in [0.3, 0.4) is 0 Å². The van der Waals surface area contributed by atoms with Gasteiger partial charge in [0.15, 0.2) is 0 Å². The minimum Gasteiger partial charge on any atom is -0.303 e. The second-order valence-corrected chi connectivity index (χ2v) is 5.17. The molecule has 1 N–H and O–H groups in total. The maximum absolute atomic E-state index is 13.7. The third kappa shape index (κ3) is 3.17. The topological polar surface area (TPSA) is 12.0 Å². The van der Waals surface area contributed by atoms with E-state index < -0.39 is 17.7 Å². The number of benzene rings is 2. The molecule has 0 heterocycles. The summed E-state index contributed by atoms with van der Waals surface area (Å²) in [7, 11) is 0.